The SMILES string of the molecule is CC1=CCOC(=O)C1. The lowest BCUT2D eigenvalue weighted by molar-refractivity contribution is -0.142. The number of carbonyl (C=O) groups excluding carboxylic acids is 1. The topological polar surface area (TPSA) is 26.3 Å². The summed E-state index contributed by atoms with van der Waals surface area (Å²) >= 11 is 0. The highest BCUT2D eigenvalue weighted by atomic mass is 16.5. The molecule has 1 aliphatic rings. The second kappa shape index (κ2) is 1.99. The van der Waals surface area contributed by atoms with Crippen molar-refractivity contribution in [1.29, 1.82) is 0 Å². The van der Waals surface area contributed by atoms with E-state index < -0.39 is 0 Å². The first-order chi connectivity index (χ1) is 3.79. The maximum Gasteiger partial charge on any atom is 0.310 e. The van der Waals surface area contributed by atoms with Crippen LogP contribution in [0.3, 0.4) is 0 Å². The highest BCUT2D eigenvalue weighted by molar-refractivity contribution is 5.73. The second-order valence-electron chi connectivity index (χ2n) is 1.91. The Labute approximate surface area is 48.1 Å². The fourth-order valence-corrected chi connectivity index (χ4v) is 0.628. The number of hydrogen-bond acceptors (Lipinski definition) is 2. The maximum absolute atomic E-state index is 10.4. The number of rotatable bonds is 0. The molecule has 0 aliphatic carbocycles. The third kappa shape index (κ3) is 1.09. The molecule has 0 amide bonds. The van der Waals surface area contributed by atoms with Crippen LogP contribution in [0.1, 0.15) is 13.3 Å². The lowest BCUT2D eigenvalue weighted by Gasteiger charge is -2.07. The van der Waals surface area contributed by atoms with E-state index in [0.29, 0.717) is 13.0 Å². The Morgan fingerprint density at radius 3 is 2.88 bits per heavy atom. The first-order valence-electron chi connectivity index (χ1n) is 2.60. The monoisotopic (exact) mass is 112 g/mol. The van der Waals surface area contributed by atoms with E-state index in [1.54, 1.807) is 0 Å². The van der Waals surface area contributed by atoms with Gasteiger partial charge in [0.15, 0.2) is 0 Å². The van der Waals surface area contributed by atoms with Crippen LogP contribution in [0.25, 0.3) is 0 Å². The smallest absolute Gasteiger partial charge is 0.310 e. The molecule has 0 N–H and O–H groups in total. The van der Waals surface area contributed by atoms with Crippen LogP contribution in [-0.2, 0) is 9.53 Å². The number of hydrogen-bond donors (Lipinski definition) is 0. The zero-order valence-electron chi connectivity index (χ0n) is 4.81. The summed E-state index contributed by atoms with van der Waals surface area (Å²) in [6.45, 7) is 2.39. The highest BCUT2D eigenvalue weighted by Crippen LogP contribution is 2.06. The Morgan fingerprint density at radius 2 is 2.50 bits per heavy atom. The second-order valence-corrected chi connectivity index (χ2v) is 1.91. The summed E-state index contributed by atoms with van der Waals surface area (Å²) < 4.78 is 4.63. The van der Waals surface area contributed by atoms with Gasteiger partial charge in [0, 0.05) is 0 Å². The molecule has 0 aromatic rings. The van der Waals surface area contributed by atoms with Crippen molar-refractivity contribution in [1.82, 2.24) is 0 Å². The summed E-state index contributed by atoms with van der Waals surface area (Å²) in [7, 11) is 0. The summed E-state index contributed by atoms with van der Waals surface area (Å²) in [5.41, 5.74) is 1.11. The van der Waals surface area contributed by atoms with Gasteiger partial charge in [-0.25, -0.2) is 0 Å². The summed E-state index contributed by atoms with van der Waals surface area (Å²) in [6.07, 6.45) is 2.39. The van der Waals surface area contributed by atoms with Crippen LogP contribution in [0.2, 0.25) is 0 Å². The van der Waals surface area contributed by atoms with E-state index in [9.17, 15) is 4.79 Å². The lowest BCUT2D eigenvalue weighted by atomic mass is 10.2. The molecular weight excluding hydrogens is 104 g/mol. The largest absolute Gasteiger partial charge is 0.461 e. The van der Waals surface area contributed by atoms with Gasteiger partial charge in [-0.05, 0) is 13.0 Å². The van der Waals surface area contributed by atoms with Gasteiger partial charge in [0.05, 0.1) is 6.42 Å². The predicted molar refractivity (Wildman–Crippen MR) is 29.3 cm³/mol. The summed E-state index contributed by atoms with van der Waals surface area (Å²) in [5.74, 6) is -0.106. The van der Waals surface area contributed by atoms with Gasteiger partial charge in [0.1, 0.15) is 6.61 Å². The Hall–Kier alpha value is -0.790. The molecule has 0 aromatic heterocycles. The van der Waals surface area contributed by atoms with Crippen molar-refractivity contribution in [3.05, 3.63) is 11.6 Å². The van der Waals surface area contributed by atoms with E-state index in [4.69, 9.17) is 0 Å². The van der Waals surface area contributed by atoms with Gasteiger partial charge in [-0.15, -0.1) is 0 Å². The summed E-state index contributed by atoms with van der Waals surface area (Å²) in [5, 5.41) is 0. The minimum atomic E-state index is -0.106. The van der Waals surface area contributed by atoms with E-state index in [0.717, 1.165) is 5.57 Å². The average molecular weight is 112 g/mol. The van der Waals surface area contributed by atoms with Crippen LogP contribution >= 0.6 is 0 Å². The molecule has 0 aromatic carbocycles. The third-order valence-corrected chi connectivity index (χ3v) is 1.10. The molecule has 0 fully saturated rings. The first kappa shape index (κ1) is 5.35. The average Bonchev–Trinajstić information content (AvgIpc) is 1.64. The Bertz CT molecular complexity index is 135. The Morgan fingerprint density at radius 1 is 1.75 bits per heavy atom. The summed E-state index contributed by atoms with van der Waals surface area (Å²) in [6, 6.07) is 0. The Balaban J connectivity index is 2.57. The van der Waals surface area contributed by atoms with Crippen LogP contribution in [0.4, 0.5) is 0 Å². The summed E-state index contributed by atoms with van der Waals surface area (Å²) in [4.78, 5) is 10.4. The molecule has 1 rings (SSSR count). The molecule has 8 heavy (non-hydrogen) atoms. The molecule has 0 saturated heterocycles. The van der Waals surface area contributed by atoms with Crippen molar-refractivity contribution in [2.24, 2.45) is 0 Å². The van der Waals surface area contributed by atoms with Gasteiger partial charge in [-0.2, -0.15) is 0 Å². The third-order valence-electron chi connectivity index (χ3n) is 1.10. The minimum absolute atomic E-state index is 0.106. The molecule has 44 valence electrons. The molecule has 0 bridgehead atoms. The number of carbonyl (C=O) groups is 1. The zero-order chi connectivity index (χ0) is 5.98. The van der Waals surface area contributed by atoms with Gasteiger partial charge in [-0.3, -0.25) is 4.79 Å². The van der Waals surface area contributed by atoms with Crippen LogP contribution in [0, 0.1) is 0 Å². The lowest BCUT2D eigenvalue weighted by Crippen LogP contribution is -2.09. The number of esters is 1. The van der Waals surface area contributed by atoms with Crippen molar-refractivity contribution in [3.63, 3.8) is 0 Å². The minimum Gasteiger partial charge on any atom is -0.461 e. The fourth-order valence-electron chi connectivity index (χ4n) is 0.628. The zero-order valence-corrected chi connectivity index (χ0v) is 4.81. The molecule has 2 nitrogen and oxygen atoms in total. The van der Waals surface area contributed by atoms with Gasteiger partial charge >= 0.3 is 5.97 Å². The highest BCUT2D eigenvalue weighted by Gasteiger charge is 2.06. The van der Waals surface area contributed by atoms with Crippen molar-refractivity contribution in [2.45, 2.75) is 13.3 Å². The molecule has 0 unspecified atom stereocenters. The van der Waals surface area contributed by atoms with Crippen LogP contribution in [0.5, 0.6) is 0 Å². The van der Waals surface area contributed by atoms with Crippen molar-refractivity contribution >= 4 is 5.97 Å². The predicted octanol–water partition coefficient (Wildman–Crippen LogP) is 0.880. The number of cyclic esters (lactones) is 1. The van der Waals surface area contributed by atoms with E-state index >= 15 is 0 Å². The number of ether oxygens (including phenoxy) is 1. The molecule has 2 heteroatoms. The standard InChI is InChI=1S/C6H8O2/c1-5-2-3-8-6(7)4-5/h2H,3-4H2,1H3. The normalized spacial score (nSPS) is 19.6. The van der Waals surface area contributed by atoms with E-state index in [2.05, 4.69) is 4.74 Å². The van der Waals surface area contributed by atoms with Crippen molar-refractivity contribution in [3.8, 4) is 0 Å². The van der Waals surface area contributed by atoms with E-state index in [1.807, 2.05) is 13.0 Å². The fraction of sp³-hybridized carbons (Fsp3) is 0.500. The maximum atomic E-state index is 10.4. The van der Waals surface area contributed by atoms with Gasteiger partial charge in [0.25, 0.3) is 0 Å². The first-order valence-corrected chi connectivity index (χ1v) is 2.60. The van der Waals surface area contributed by atoms with Crippen molar-refractivity contribution < 1.29 is 9.53 Å². The molecule has 0 saturated carbocycles. The van der Waals surface area contributed by atoms with Crippen molar-refractivity contribution in [2.75, 3.05) is 6.61 Å². The van der Waals surface area contributed by atoms with Gasteiger partial charge < -0.3 is 4.74 Å². The molecule has 0 radical (unpaired) electrons. The van der Waals surface area contributed by atoms with Crippen LogP contribution in [-0.4, -0.2) is 12.6 Å². The van der Waals surface area contributed by atoms with E-state index in [1.165, 1.54) is 0 Å². The van der Waals surface area contributed by atoms with Crippen LogP contribution < -0.4 is 0 Å². The van der Waals surface area contributed by atoms with E-state index in [-0.39, 0.29) is 5.97 Å². The van der Waals surface area contributed by atoms with Gasteiger partial charge in [0.2, 0.25) is 0 Å². The van der Waals surface area contributed by atoms with Gasteiger partial charge in [-0.1, -0.05) is 5.57 Å². The molecule has 0 atom stereocenters. The molecule has 1 heterocycles. The molecular formula is C6H8O2. The molecule has 0 spiro atoms. The Kier molecular flexibility index (Phi) is 1.33. The molecule has 1 aliphatic heterocycles. The van der Waals surface area contributed by atoms with Crippen LogP contribution in [0.15, 0.2) is 11.6 Å². The quantitative estimate of drug-likeness (QED) is 0.343.